The van der Waals surface area contributed by atoms with E-state index in [1.165, 1.54) is 34.0 Å². The molecule has 0 heterocycles. The summed E-state index contributed by atoms with van der Waals surface area (Å²) in [4.78, 5) is 0. The molecule has 0 radical (unpaired) electrons. The molecule has 2 rings (SSSR count). The van der Waals surface area contributed by atoms with Crippen LogP contribution in [0, 0.1) is 23.2 Å². The highest BCUT2D eigenvalue weighted by atomic mass is 19.1. The van der Waals surface area contributed by atoms with Gasteiger partial charge in [-0.25, -0.2) is 4.39 Å². The van der Waals surface area contributed by atoms with Crippen LogP contribution >= 0.6 is 0 Å². The van der Waals surface area contributed by atoms with Gasteiger partial charge in [0.05, 0.1) is 6.17 Å². The highest BCUT2D eigenvalue weighted by molar-refractivity contribution is 5.77. The van der Waals surface area contributed by atoms with Gasteiger partial charge in [-0.15, -0.1) is 0 Å². The summed E-state index contributed by atoms with van der Waals surface area (Å²) in [5.74, 6) is 0. The van der Waals surface area contributed by atoms with E-state index in [9.17, 15) is 4.39 Å². The molecule has 0 aromatic heterocycles. The van der Waals surface area contributed by atoms with Crippen molar-refractivity contribution in [3.05, 3.63) is 113 Å². The van der Waals surface area contributed by atoms with E-state index in [0.29, 0.717) is 6.42 Å². The standard InChI is InChI=1S/C20H27N.C14H21N.C4H9F.2C2H6/c1-5-6-7-8-10-17-11-9-12-18(15-17)13-14-19(16-21)20(2,3)4;1-11-8-6-7-9-12(11)13(10-15-5)14(2,3)4;1-3-4(2)5;2*1-2/h5-7,9,11-12,14-16,21H,1,8,10,13H2,2-4H3;6-10,15H,1-5H3;4H,3H2,1-2H3;2*1-2H3/b7-6-,19-14+,21-16?;13-10+;;;. The fourth-order valence-corrected chi connectivity index (χ4v) is 3.88. The third-order valence-corrected chi connectivity index (χ3v) is 6.54. The first-order valence-corrected chi connectivity index (χ1v) is 16.9. The highest BCUT2D eigenvalue weighted by Crippen LogP contribution is 2.34. The van der Waals surface area contributed by atoms with Crippen molar-refractivity contribution < 1.29 is 4.39 Å². The molecule has 0 aliphatic carbocycles. The smallest absolute Gasteiger partial charge is 0.0971 e. The third kappa shape index (κ3) is 22.9. The molecule has 0 spiro atoms. The Morgan fingerprint density at radius 2 is 1.49 bits per heavy atom. The average molecular weight is 621 g/mol. The lowest BCUT2D eigenvalue weighted by molar-refractivity contribution is 0.352. The third-order valence-electron chi connectivity index (χ3n) is 6.54. The number of alkyl halides is 1. The largest absolute Gasteiger partial charge is 0.394 e. The Morgan fingerprint density at radius 1 is 0.933 bits per heavy atom. The Labute approximate surface area is 279 Å². The van der Waals surface area contributed by atoms with Crippen molar-refractivity contribution in [1.82, 2.24) is 5.32 Å². The zero-order valence-electron chi connectivity index (χ0n) is 31.6. The minimum absolute atomic E-state index is 0.0366. The minimum Gasteiger partial charge on any atom is -0.394 e. The number of allylic oxidation sites excluding steroid dienone is 6. The summed E-state index contributed by atoms with van der Waals surface area (Å²) >= 11 is 0. The predicted molar refractivity (Wildman–Crippen MR) is 205 cm³/mol. The van der Waals surface area contributed by atoms with Crippen LogP contribution in [0.1, 0.15) is 118 Å². The molecule has 45 heavy (non-hydrogen) atoms. The second-order valence-electron chi connectivity index (χ2n) is 12.4. The van der Waals surface area contributed by atoms with Crippen LogP contribution in [0.4, 0.5) is 4.39 Å². The van der Waals surface area contributed by atoms with E-state index in [2.05, 4.69) is 127 Å². The molecular weight excluding hydrogens is 551 g/mol. The monoisotopic (exact) mass is 621 g/mol. The Morgan fingerprint density at radius 3 is 1.93 bits per heavy atom. The Balaban J connectivity index is -0.000000639. The van der Waals surface area contributed by atoms with E-state index >= 15 is 0 Å². The van der Waals surface area contributed by atoms with E-state index in [1.807, 2.05) is 53.8 Å². The van der Waals surface area contributed by atoms with Gasteiger partial charge in [-0.05, 0) is 83.8 Å². The van der Waals surface area contributed by atoms with Crippen molar-refractivity contribution in [1.29, 1.82) is 5.41 Å². The van der Waals surface area contributed by atoms with E-state index in [1.54, 1.807) is 6.92 Å². The molecule has 2 nitrogen and oxygen atoms in total. The Kier molecular flexibility index (Phi) is 27.9. The van der Waals surface area contributed by atoms with Gasteiger partial charge in [-0.2, -0.15) is 0 Å². The lowest BCUT2D eigenvalue weighted by Crippen LogP contribution is -2.12. The van der Waals surface area contributed by atoms with E-state index < -0.39 is 6.17 Å². The number of rotatable bonds is 10. The quantitative estimate of drug-likeness (QED) is 0.201. The van der Waals surface area contributed by atoms with Crippen molar-refractivity contribution in [2.75, 3.05) is 7.05 Å². The van der Waals surface area contributed by atoms with Crippen molar-refractivity contribution in [3.8, 4) is 0 Å². The number of aryl methyl sites for hydroxylation is 2. The number of benzene rings is 2. The summed E-state index contributed by atoms with van der Waals surface area (Å²) in [6.07, 6.45) is 14.7. The van der Waals surface area contributed by atoms with E-state index in [0.717, 1.165) is 24.8 Å². The van der Waals surface area contributed by atoms with Crippen LogP contribution in [-0.4, -0.2) is 19.4 Å². The van der Waals surface area contributed by atoms with Crippen LogP contribution < -0.4 is 5.32 Å². The molecule has 0 bridgehead atoms. The Bertz CT molecular complexity index is 1120. The summed E-state index contributed by atoms with van der Waals surface area (Å²) in [5, 5.41) is 10.7. The number of hydrogen-bond donors (Lipinski definition) is 2. The van der Waals surface area contributed by atoms with Crippen LogP contribution in [0.15, 0.2) is 91.2 Å². The molecule has 0 fully saturated rings. The SMILES string of the molecule is C=C/C=C\CCc1cccc(C/C=C(\C=N)C(C)(C)C)c1.CC.CC.CCC(C)F.CN/C=C(\c1ccccc1C)C(C)(C)C. The number of nitrogens with one attached hydrogen (secondary N) is 2. The second-order valence-corrected chi connectivity index (χ2v) is 12.4. The van der Waals surface area contributed by atoms with E-state index in [4.69, 9.17) is 5.41 Å². The van der Waals surface area contributed by atoms with Crippen molar-refractivity contribution in [3.63, 3.8) is 0 Å². The maximum absolute atomic E-state index is 11.4. The molecule has 0 saturated carbocycles. The zero-order valence-corrected chi connectivity index (χ0v) is 31.6. The molecule has 2 N–H and O–H groups in total. The fraction of sp³-hybridized carbons (Fsp3) is 0.500. The predicted octanol–water partition coefficient (Wildman–Crippen LogP) is 12.9. The molecule has 1 atom stereocenters. The zero-order chi connectivity index (χ0) is 35.5. The number of halogens is 1. The minimum atomic E-state index is -0.616. The van der Waals surface area contributed by atoms with Crippen molar-refractivity contribution in [2.24, 2.45) is 10.8 Å². The topological polar surface area (TPSA) is 35.9 Å². The summed E-state index contributed by atoms with van der Waals surface area (Å²) in [7, 11) is 1.95. The van der Waals surface area contributed by atoms with Crippen LogP contribution in [-0.2, 0) is 12.8 Å². The second kappa shape index (κ2) is 27.1. The molecule has 1 unspecified atom stereocenters. The maximum atomic E-state index is 11.4. The first-order valence-electron chi connectivity index (χ1n) is 16.9. The van der Waals surface area contributed by atoms with Gasteiger partial charge < -0.3 is 10.7 Å². The van der Waals surface area contributed by atoms with Gasteiger partial charge >= 0.3 is 0 Å². The first kappa shape index (κ1) is 46.2. The summed E-state index contributed by atoms with van der Waals surface area (Å²) < 4.78 is 11.4. The van der Waals surface area contributed by atoms with Gasteiger partial charge in [-0.3, -0.25) is 0 Å². The molecule has 0 aliphatic rings. The molecular formula is C42H69FN2. The lowest BCUT2D eigenvalue weighted by atomic mass is 9.81. The first-order chi connectivity index (χ1) is 21.2. The van der Waals surface area contributed by atoms with Gasteiger partial charge in [0.1, 0.15) is 0 Å². The normalized spacial score (nSPS) is 12.1. The summed E-state index contributed by atoms with van der Waals surface area (Å²) in [6.45, 7) is 30.4. The molecule has 3 heteroatoms. The average Bonchev–Trinajstić information content (AvgIpc) is 3.00. The summed E-state index contributed by atoms with van der Waals surface area (Å²) in [6, 6.07) is 17.2. The molecule has 2 aromatic rings. The molecule has 0 amide bonds. The van der Waals surface area contributed by atoms with Crippen molar-refractivity contribution in [2.45, 2.75) is 122 Å². The summed E-state index contributed by atoms with van der Waals surface area (Å²) in [5.41, 5.74) is 7.97. The van der Waals surface area contributed by atoms with Gasteiger partial charge in [0.25, 0.3) is 0 Å². The molecule has 0 aliphatic heterocycles. The maximum Gasteiger partial charge on any atom is 0.0971 e. The van der Waals surface area contributed by atoms with Gasteiger partial charge in [-0.1, -0.05) is 156 Å². The van der Waals surface area contributed by atoms with Gasteiger partial charge in [0, 0.05) is 19.5 Å². The van der Waals surface area contributed by atoms with Crippen LogP contribution in [0.5, 0.6) is 0 Å². The lowest BCUT2D eigenvalue weighted by Gasteiger charge is -2.24. The Hall–Kier alpha value is -3.20. The van der Waals surface area contributed by atoms with Crippen molar-refractivity contribution >= 4 is 11.8 Å². The fourth-order valence-electron chi connectivity index (χ4n) is 3.88. The van der Waals surface area contributed by atoms with Gasteiger partial charge in [0.15, 0.2) is 0 Å². The molecule has 0 saturated heterocycles. The number of hydrogen-bond acceptors (Lipinski definition) is 2. The van der Waals surface area contributed by atoms with Gasteiger partial charge in [0.2, 0.25) is 0 Å². The van der Waals surface area contributed by atoms with Crippen LogP contribution in [0.2, 0.25) is 0 Å². The van der Waals surface area contributed by atoms with Crippen LogP contribution in [0.3, 0.4) is 0 Å². The molecule has 2 aromatic carbocycles. The molecule has 254 valence electrons. The highest BCUT2D eigenvalue weighted by Gasteiger charge is 2.19. The van der Waals surface area contributed by atoms with E-state index in [-0.39, 0.29) is 10.8 Å². The van der Waals surface area contributed by atoms with Crippen LogP contribution in [0.25, 0.3) is 5.57 Å².